The fraction of sp³-hybridized carbons (Fsp3) is 0.625. The highest BCUT2D eigenvalue weighted by Gasteiger charge is 2.06. The highest BCUT2D eigenvalue weighted by Crippen LogP contribution is 2.10. The summed E-state index contributed by atoms with van der Waals surface area (Å²) in [6, 6.07) is 7.98. The third-order valence-corrected chi connectivity index (χ3v) is 4.40. The summed E-state index contributed by atoms with van der Waals surface area (Å²) in [6.45, 7) is 4.60. The van der Waals surface area contributed by atoms with Crippen LogP contribution in [0.3, 0.4) is 0 Å². The van der Waals surface area contributed by atoms with E-state index >= 15 is 0 Å². The second-order valence-corrected chi connectivity index (χ2v) is 6.31. The molecule has 0 saturated carbocycles. The van der Waals surface area contributed by atoms with E-state index in [4.69, 9.17) is 13.9 Å². The van der Waals surface area contributed by atoms with Crippen molar-refractivity contribution >= 4 is 9.76 Å². The standard InChI is InChI=1S/C16H27FO3Si/c1-3-18-16(19-4-2)20-21-12-7-5-6-9-14-10-8-11-15(17)13-14/h8,10-11,13,16H,3-7,9,12,21H2,1-2H3. The zero-order valence-electron chi connectivity index (χ0n) is 13.1. The molecule has 0 atom stereocenters. The molecule has 120 valence electrons. The minimum Gasteiger partial charge on any atom is -0.379 e. The molecule has 5 heteroatoms. The van der Waals surface area contributed by atoms with Crippen molar-refractivity contribution in [2.75, 3.05) is 13.2 Å². The molecule has 0 aliphatic rings. The quantitative estimate of drug-likeness (QED) is 0.336. The van der Waals surface area contributed by atoms with Gasteiger partial charge in [0, 0.05) is 13.2 Å². The largest absolute Gasteiger partial charge is 0.379 e. The Kier molecular flexibility index (Phi) is 10.3. The van der Waals surface area contributed by atoms with Crippen molar-refractivity contribution < 1.29 is 18.3 Å². The van der Waals surface area contributed by atoms with Crippen molar-refractivity contribution in [1.29, 1.82) is 0 Å². The Hall–Kier alpha value is -0.753. The molecule has 1 aromatic rings. The van der Waals surface area contributed by atoms with Crippen molar-refractivity contribution in [3.63, 3.8) is 0 Å². The van der Waals surface area contributed by atoms with Crippen LogP contribution in [0.1, 0.15) is 38.7 Å². The number of aryl methyl sites for hydroxylation is 1. The van der Waals surface area contributed by atoms with E-state index < -0.39 is 16.2 Å². The van der Waals surface area contributed by atoms with Gasteiger partial charge in [-0.15, -0.1) is 0 Å². The summed E-state index contributed by atoms with van der Waals surface area (Å²) in [5, 5.41) is 0. The van der Waals surface area contributed by atoms with Crippen LogP contribution in [-0.2, 0) is 20.3 Å². The molecule has 0 saturated heterocycles. The average molecular weight is 314 g/mol. The van der Waals surface area contributed by atoms with Gasteiger partial charge in [0.05, 0.1) is 0 Å². The molecular weight excluding hydrogens is 287 g/mol. The van der Waals surface area contributed by atoms with Gasteiger partial charge in [-0.25, -0.2) is 4.39 Å². The Morgan fingerprint density at radius 2 is 1.86 bits per heavy atom. The molecule has 0 fully saturated rings. The molecule has 0 unspecified atom stereocenters. The number of benzene rings is 1. The van der Waals surface area contributed by atoms with Crippen LogP contribution < -0.4 is 0 Å². The molecule has 3 nitrogen and oxygen atoms in total. The molecule has 0 N–H and O–H groups in total. The maximum absolute atomic E-state index is 13.0. The Balaban J connectivity index is 2.01. The van der Waals surface area contributed by atoms with Gasteiger partial charge in [-0.05, 0) is 50.4 Å². The van der Waals surface area contributed by atoms with Crippen molar-refractivity contribution in [1.82, 2.24) is 0 Å². The van der Waals surface area contributed by atoms with Gasteiger partial charge in [0.25, 0.3) is 6.48 Å². The lowest BCUT2D eigenvalue weighted by atomic mass is 10.1. The molecular formula is C16H27FO3Si. The second kappa shape index (κ2) is 11.9. The van der Waals surface area contributed by atoms with Crippen LogP contribution in [0.25, 0.3) is 0 Å². The highest BCUT2D eigenvalue weighted by atomic mass is 28.2. The minimum absolute atomic E-state index is 0.147. The topological polar surface area (TPSA) is 27.7 Å². The van der Waals surface area contributed by atoms with Gasteiger partial charge < -0.3 is 13.9 Å². The van der Waals surface area contributed by atoms with Gasteiger partial charge >= 0.3 is 0 Å². The summed E-state index contributed by atoms with van der Waals surface area (Å²) < 4.78 is 29.3. The average Bonchev–Trinajstić information content (AvgIpc) is 2.46. The molecule has 0 heterocycles. The Labute approximate surface area is 129 Å². The van der Waals surface area contributed by atoms with Crippen LogP contribution in [0.4, 0.5) is 4.39 Å². The third kappa shape index (κ3) is 8.98. The van der Waals surface area contributed by atoms with E-state index in [0.717, 1.165) is 37.3 Å². The molecule has 0 amide bonds. The van der Waals surface area contributed by atoms with Crippen LogP contribution in [0.5, 0.6) is 0 Å². The van der Waals surface area contributed by atoms with Gasteiger partial charge in [0.2, 0.25) is 0 Å². The Morgan fingerprint density at radius 1 is 1.10 bits per heavy atom. The summed E-state index contributed by atoms with van der Waals surface area (Å²) in [6.07, 6.45) is 4.35. The SMILES string of the molecule is CCOC(OCC)O[SiH2]CCCCCc1cccc(F)c1. The highest BCUT2D eigenvalue weighted by molar-refractivity contribution is 6.27. The Morgan fingerprint density at radius 3 is 2.52 bits per heavy atom. The number of ether oxygens (including phenoxy) is 2. The maximum Gasteiger partial charge on any atom is 0.261 e. The van der Waals surface area contributed by atoms with E-state index in [-0.39, 0.29) is 5.82 Å². The van der Waals surface area contributed by atoms with Gasteiger partial charge in [-0.2, -0.15) is 0 Å². The number of halogens is 1. The Bertz CT molecular complexity index is 370. The molecule has 0 radical (unpaired) electrons. The summed E-state index contributed by atoms with van der Waals surface area (Å²) in [5.41, 5.74) is 1.08. The summed E-state index contributed by atoms with van der Waals surface area (Å²) in [5.74, 6) is -0.147. The lowest BCUT2D eigenvalue weighted by Gasteiger charge is -2.17. The van der Waals surface area contributed by atoms with Gasteiger partial charge in [-0.3, -0.25) is 0 Å². The second-order valence-electron chi connectivity index (χ2n) is 4.86. The lowest BCUT2D eigenvalue weighted by molar-refractivity contribution is -0.243. The number of unbranched alkanes of at least 4 members (excludes halogenated alkanes) is 2. The number of hydrogen-bond acceptors (Lipinski definition) is 3. The molecule has 0 bridgehead atoms. The minimum atomic E-state index is -0.584. The fourth-order valence-electron chi connectivity index (χ4n) is 2.07. The van der Waals surface area contributed by atoms with Gasteiger partial charge in [-0.1, -0.05) is 25.0 Å². The zero-order valence-corrected chi connectivity index (χ0v) is 14.6. The normalized spacial score (nSPS) is 11.8. The van der Waals surface area contributed by atoms with Crippen molar-refractivity contribution in [3.05, 3.63) is 35.6 Å². The first-order chi connectivity index (χ1) is 10.3. The summed E-state index contributed by atoms with van der Waals surface area (Å²) in [7, 11) is -0.584. The van der Waals surface area contributed by atoms with E-state index in [2.05, 4.69) is 0 Å². The first-order valence-electron chi connectivity index (χ1n) is 7.85. The summed E-state index contributed by atoms with van der Waals surface area (Å²) in [4.78, 5) is 0. The third-order valence-electron chi connectivity index (χ3n) is 3.11. The molecule has 0 aliphatic heterocycles. The van der Waals surface area contributed by atoms with E-state index in [0.29, 0.717) is 13.2 Å². The first kappa shape index (κ1) is 18.3. The van der Waals surface area contributed by atoms with Crippen molar-refractivity contribution in [3.8, 4) is 0 Å². The van der Waals surface area contributed by atoms with Crippen LogP contribution in [0.15, 0.2) is 24.3 Å². The number of rotatable bonds is 12. The zero-order chi connectivity index (χ0) is 15.3. The fourth-order valence-corrected chi connectivity index (χ4v) is 3.18. The van der Waals surface area contributed by atoms with E-state index in [1.165, 1.54) is 6.07 Å². The van der Waals surface area contributed by atoms with Gasteiger partial charge in [0.1, 0.15) is 5.82 Å². The first-order valence-corrected chi connectivity index (χ1v) is 9.43. The van der Waals surface area contributed by atoms with Crippen molar-refractivity contribution in [2.45, 2.75) is 52.1 Å². The van der Waals surface area contributed by atoms with Crippen LogP contribution in [-0.4, -0.2) is 29.5 Å². The van der Waals surface area contributed by atoms with E-state index in [1.807, 2.05) is 19.9 Å². The summed E-state index contributed by atoms with van der Waals surface area (Å²) >= 11 is 0. The smallest absolute Gasteiger partial charge is 0.261 e. The lowest BCUT2D eigenvalue weighted by Crippen LogP contribution is -2.22. The van der Waals surface area contributed by atoms with Crippen LogP contribution in [0.2, 0.25) is 6.04 Å². The predicted molar refractivity (Wildman–Crippen MR) is 85.4 cm³/mol. The monoisotopic (exact) mass is 314 g/mol. The van der Waals surface area contributed by atoms with Crippen molar-refractivity contribution in [2.24, 2.45) is 0 Å². The number of hydrogen-bond donors (Lipinski definition) is 0. The predicted octanol–water partition coefficient (Wildman–Crippen LogP) is 3.41. The molecule has 0 spiro atoms. The molecule has 1 aromatic carbocycles. The van der Waals surface area contributed by atoms with Crippen LogP contribution >= 0.6 is 0 Å². The maximum atomic E-state index is 13.0. The molecule has 1 rings (SSSR count). The van der Waals surface area contributed by atoms with E-state index in [9.17, 15) is 4.39 Å². The van der Waals surface area contributed by atoms with E-state index in [1.54, 1.807) is 12.1 Å². The molecule has 21 heavy (non-hydrogen) atoms. The van der Waals surface area contributed by atoms with Crippen LogP contribution in [0, 0.1) is 5.82 Å². The molecule has 0 aromatic heterocycles. The van der Waals surface area contributed by atoms with Gasteiger partial charge in [0.15, 0.2) is 9.76 Å². The molecule has 0 aliphatic carbocycles.